The first kappa shape index (κ1) is 17.8. The van der Waals surface area contributed by atoms with Crippen molar-refractivity contribution in [2.24, 2.45) is 0 Å². The molecule has 1 fully saturated rings. The summed E-state index contributed by atoms with van der Waals surface area (Å²) in [6, 6.07) is 13.6. The molecule has 1 saturated heterocycles. The molecule has 1 unspecified atom stereocenters. The molecule has 1 N–H and O–H groups in total. The van der Waals surface area contributed by atoms with E-state index < -0.39 is 11.6 Å². The van der Waals surface area contributed by atoms with Gasteiger partial charge in [-0.15, -0.1) is 0 Å². The second kappa shape index (κ2) is 6.85. The van der Waals surface area contributed by atoms with Gasteiger partial charge in [-0.3, -0.25) is 4.90 Å². The average molecular weight is 385 g/mol. The second-order valence-electron chi connectivity index (χ2n) is 7.11. The fourth-order valence-electron chi connectivity index (χ4n) is 4.10. The van der Waals surface area contributed by atoms with Crippen LogP contribution in [0.5, 0.6) is 0 Å². The van der Waals surface area contributed by atoms with Crippen LogP contribution in [-0.4, -0.2) is 37.2 Å². The van der Waals surface area contributed by atoms with Crippen LogP contribution in [0.25, 0.3) is 5.65 Å². The number of amides is 1. The number of rotatable bonds is 3. The molecule has 140 valence electrons. The highest BCUT2D eigenvalue weighted by Gasteiger charge is 2.45. The van der Waals surface area contributed by atoms with Gasteiger partial charge < -0.3 is 5.11 Å². The molecule has 6 nitrogen and oxygen atoms in total. The van der Waals surface area contributed by atoms with E-state index in [0.29, 0.717) is 23.8 Å². The lowest BCUT2D eigenvalue weighted by Gasteiger charge is -2.45. The monoisotopic (exact) mass is 384 g/mol. The van der Waals surface area contributed by atoms with Gasteiger partial charge in [-0.2, -0.15) is 5.10 Å². The third-order valence-corrected chi connectivity index (χ3v) is 5.55. The van der Waals surface area contributed by atoms with E-state index in [-0.39, 0.29) is 0 Å². The molecule has 1 aliphatic heterocycles. The van der Waals surface area contributed by atoms with Crippen molar-refractivity contribution >= 4 is 23.3 Å². The van der Waals surface area contributed by atoms with Crippen molar-refractivity contribution < 1.29 is 9.90 Å². The number of piperidine rings is 1. The van der Waals surface area contributed by atoms with Crippen LogP contribution in [0, 0.1) is 6.92 Å². The number of nitrogens with zero attached hydrogens (tertiary/aromatic N) is 4. The summed E-state index contributed by atoms with van der Waals surface area (Å²) < 4.78 is 1.74. The molecular formula is C20H21ClN4O2. The summed E-state index contributed by atoms with van der Waals surface area (Å²) in [6.07, 6.45) is 2.21. The predicted molar refractivity (Wildman–Crippen MR) is 103 cm³/mol. The molecule has 0 aliphatic carbocycles. The second-order valence-corrected chi connectivity index (χ2v) is 7.49. The molecule has 4 rings (SSSR count). The van der Waals surface area contributed by atoms with Crippen molar-refractivity contribution in [2.75, 3.05) is 6.54 Å². The SMILES string of the molecule is Cc1cc(Cl)nc2cc(C3(Cc4ccccc4)CCCCN3C(=O)O)nn12. The van der Waals surface area contributed by atoms with E-state index in [0.717, 1.165) is 36.2 Å². The molecule has 1 aromatic carbocycles. The summed E-state index contributed by atoms with van der Waals surface area (Å²) in [5.41, 5.74) is 2.61. The Morgan fingerprint density at radius 2 is 2.04 bits per heavy atom. The lowest BCUT2D eigenvalue weighted by Crippen LogP contribution is -2.53. The van der Waals surface area contributed by atoms with Crippen LogP contribution in [0.15, 0.2) is 42.5 Å². The minimum atomic E-state index is -0.912. The van der Waals surface area contributed by atoms with Gasteiger partial charge in [0, 0.05) is 24.7 Å². The lowest BCUT2D eigenvalue weighted by atomic mass is 9.79. The lowest BCUT2D eigenvalue weighted by molar-refractivity contribution is 0.0415. The number of aryl methyl sites for hydroxylation is 1. The summed E-state index contributed by atoms with van der Waals surface area (Å²) in [5, 5.41) is 15.1. The molecule has 1 aliphatic rings. The predicted octanol–water partition coefficient (Wildman–Crippen LogP) is 4.29. The Kier molecular flexibility index (Phi) is 4.52. The van der Waals surface area contributed by atoms with Crippen molar-refractivity contribution in [2.45, 2.75) is 38.1 Å². The van der Waals surface area contributed by atoms with E-state index in [1.807, 2.05) is 43.3 Å². The summed E-state index contributed by atoms with van der Waals surface area (Å²) >= 11 is 6.11. The molecular weight excluding hydrogens is 364 g/mol. The highest BCUT2D eigenvalue weighted by atomic mass is 35.5. The summed E-state index contributed by atoms with van der Waals surface area (Å²) in [4.78, 5) is 18.0. The zero-order valence-corrected chi connectivity index (χ0v) is 15.9. The summed E-state index contributed by atoms with van der Waals surface area (Å²) in [5.74, 6) is 0. The normalized spacial score (nSPS) is 20.1. The number of carbonyl (C=O) groups is 1. The minimum absolute atomic E-state index is 0.405. The Morgan fingerprint density at radius 3 is 2.78 bits per heavy atom. The zero-order valence-electron chi connectivity index (χ0n) is 15.1. The van der Waals surface area contributed by atoms with Gasteiger partial charge in [0.25, 0.3) is 0 Å². The van der Waals surface area contributed by atoms with Gasteiger partial charge in [-0.05, 0) is 37.8 Å². The van der Waals surface area contributed by atoms with Gasteiger partial charge in [-0.25, -0.2) is 14.3 Å². The molecule has 27 heavy (non-hydrogen) atoms. The maximum Gasteiger partial charge on any atom is 0.408 e. The van der Waals surface area contributed by atoms with Crippen LogP contribution < -0.4 is 0 Å². The number of hydrogen-bond acceptors (Lipinski definition) is 3. The summed E-state index contributed by atoms with van der Waals surface area (Å²) in [7, 11) is 0. The number of hydrogen-bond donors (Lipinski definition) is 1. The van der Waals surface area contributed by atoms with Crippen LogP contribution in [0.1, 0.15) is 36.2 Å². The first-order valence-corrected chi connectivity index (χ1v) is 9.45. The molecule has 3 aromatic rings. The third kappa shape index (κ3) is 3.14. The molecule has 7 heteroatoms. The molecule has 3 heterocycles. The molecule has 0 saturated carbocycles. The van der Waals surface area contributed by atoms with Gasteiger partial charge in [0.2, 0.25) is 0 Å². The number of benzene rings is 1. The van der Waals surface area contributed by atoms with Crippen molar-refractivity contribution in [1.29, 1.82) is 0 Å². The molecule has 1 atom stereocenters. The largest absolute Gasteiger partial charge is 0.465 e. The number of fused-ring (bicyclic) bond motifs is 1. The van der Waals surface area contributed by atoms with E-state index >= 15 is 0 Å². The minimum Gasteiger partial charge on any atom is -0.465 e. The molecule has 0 spiro atoms. The van der Waals surface area contributed by atoms with E-state index in [2.05, 4.69) is 4.98 Å². The molecule has 0 bridgehead atoms. The highest BCUT2D eigenvalue weighted by molar-refractivity contribution is 6.29. The van der Waals surface area contributed by atoms with Crippen molar-refractivity contribution in [3.05, 3.63) is 64.6 Å². The zero-order chi connectivity index (χ0) is 19.0. The van der Waals surface area contributed by atoms with Gasteiger partial charge in [0.05, 0.1) is 11.2 Å². The smallest absolute Gasteiger partial charge is 0.408 e. The standard InChI is InChI=1S/C20H21ClN4O2/c1-14-11-17(21)22-18-12-16(23-25(14)18)20(13-15-7-3-2-4-8-15)9-5-6-10-24(20)19(26)27/h2-4,7-8,11-12H,5-6,9-10,13H2,1H3,(H,26,27). The first-order valence-electron chi connectivity index (χ1n) is 9.07. The molecule has 1 amide bonds. The Labute approximate surface area is 162 Å². The quantitative estimate of drug-likeness (QED) is 0.683. The van der Waals surface area contributed by atoms with E-state index in [9.17, 15) is 9.90 Å². The van der Waals surface area contributed by atoms with Crippen LogP contribution in [0.3, 0.4) is 0 Å². The van der Waals surface area contributed by atoms with Crippen LogP contribution in [-0.2, 0) is 12.0 Å². The Hall–Kier alpha value is -2.60. The van der Waals surface area contributed by atoms with E-state index in [4.69, 9.17) is 16.7 Å². The maximum atomic E-state index is 12.1. The van der Waals surface area contributed by atoms with Gasteiger partial charge in [-0.1, -0.05) is 41.9 Å². The van der Waals surface area contributed by atoms with Crippen LogP contribution >= 0.6 is 11.6 Å². The fraction of sp³-hybridized carbons (Fsp3) is 0.350. The topological polar surface area (TPSA) is 70.7 Å². The van der Waals surface area contributed by atoms with Crippen LogP contribution in [0.4, 0.5) is 4.79 Å². The third-order valence-electron chi connectivity index (χ3n) is 5.36. The van der Waals surface area contributed by atoms with Crippen molar-refractivity contribution in [3.63, 3.8) is 0 Å². The first-order chi connectivity index (χ1) is 13.0. The Morgan fingerprint density at radius 1 is 1.26 bits per heavy atom. The number of aromatic nitrogens is 3. The van der Waals surface area contributed by atoms with Gasteiger partial charge in [0.15, 0.2) is 5.65 Å². The van der Waals surface area contributed by atoms with Gasteiger partial charge >= 0.3 is 6.09 Å². The Balaban J connectivity index is 1.89. The average Bonchev–Trinajstić information content (AvgIpc) is 3.08. The fourth-order valence-corrected chi connectivity index (χ4v) is 4.35. The van der Waals surface area contributed by atoms with E-state index in [1.54, 1.807) is 15.5 Å². The molecule has 0 radical (unpaired) electrons. The number of halogens is 1. The Bertz CT molecular complexity index is 988. The molecule has 2 aromatic heterocycles. The van der Waals surface area contributed by atoms with Crippen LogP contribution in [0.2, 0.25) is 5.15 Å². The van der Waals surface area contributed by atoms with Crippen molar-refractivity contribution in [1.82, 2.24) is 19.5 Å². The van der Waals surface area contributed by atoms with E-state index in [1.165, 1.54) is 0 Å². The number of carboxylic acid groups (broad SMARTS) is 1. The van der Waals surface area contributed by atoms with Crippen molar-refractivity contribution in [3.8, 4) is 0 Å². The number of likely N-dealkylation sites (tertiary alicyclic amines) is 1. The maximum absolute atomic E-state index is 12.1. The highest BCUT2D eigenvalue weighted by Crippen LogP contribution is 2.40. The summed E-state index contributed by atoms with van der Waals surface area (Å²) in [6.45, 7) is 2.42. The van der Waals surface area contributed by atoms with Gasteiger partial charge in [0.1, 0.15) is 5.15 Å².